The number of alkyl carbamates (subject to hydrolysis) is 1. The molecule has 2 aromatic carbocycles. The molecule has 0 bridgehead atoms. The first kappa shape index (κ1) is 23.2. The number of rotatable bonds is 7. The molecule has 1 heterocycles. The molecule has 1 aliphatic rings. The fraction of sp³-hybridized carbons (Fsp3) is 0.364. The molecule has 0 aromatic heterocycles. The Bertz CT molecular complexity index is 961. The van der Waals surface area contributed by atoms with Crippen LogP contribution in [0.15, 0.2) is 42.5 Å². The number of benzene rings is 2. The average Bonchev–Trinajstić information content (AvgIpc) is 3.15. The van der Waals surface area contributed by atoms with Crippen molar-refractivity contribution in [3.05, 3.63) is 65.2 Å². The lowest BCUT2D eigenvalue weighted by Gasteiger charge is -2.23. The van der Waals surface area contributed by atoms with E-state index in [-0.39, 0.29) is 43.9 Å². The maximum Gasteiger partial charge on any atom is 0.407 e. The third-order valence-corrected chi connectivity index (χ3v) is 5.35. The van der Waals surface area contributed by atoms with E-state index < -0.39 is 36.0 Å². The van der Waals surface area contributed by atoms with E-state index in [1.807, 2.05) is 18.2 Å². The van der Waals surface area contributed by atoms with Crippen molar-refractivity contribution in [2.24, 2.45) is 0 Å². The van der Waals surface area contributed by atoms with Crippen molar-refractivity contribution >= 4 is 17.9 Å². The van der Waals surface area contributed by atoms with Crippen molar-refractivity contribution in [3.63, 3.8) is 0 Å². The van der Waals surface area contributed by atoms with Crippen LogP contribution in [0.2, 0.25) is 0 Å². The number of ether oxygens (including phenoxy) is 1. The Labute approximate surface area is 183 Å². The van der Waals surface area contributed by atoms with Gasteiger partial charge in [0.15, 0.2) is 0 Å². The minimum absolute atomic E-state index is 0.0274. The largest absolute Gasteiger partial charge is 0.465 e. The van der Waals surface area contributed by atoms with Crippen molar-refractivity contribution in [1.82, 2.24) is 10.2 Å². The minimum Gasteiger partial charge on any atom is -0.465 e. The zero-order chi connectivity index (χ0) is 23.3. The highest BCUT2D eigenvalue weighted by molar-refractivity contribution is 5.67. The van der Waals surface area contributed by atoms with Crippen molar-refractivity contribution in [2.45, 2.75) is 25.2 Å². The van der Waals surface area contributed by atoms with Gasteiger partial charge >= 0.3 is 12.2 Å². The molecule has 0 saturated carbocycles. The number of carboxylic acid groups (broad SMARTS) is 1. The van der Waals surface area contributed by atoms with E-state index in [2.05, 4.69) is 5.32 Å². The van der Waals surface area contributed by atoms with Crippen LogP contribution in [-0.4, -0.2) is 61.1 Å². The lowest BCUT2D eigenvalue weighted by atomic mass is 10.1. The summed E-state index contributed by atoms with van der Waals surface area (Å²) in [5.41, 5.74) is 0.732. The lowest BCUT2D eigenvalue weighted by Crippen LogP contribution is -2.42. The van der Waals surface area contributed by atoms with Gasteiger partial charge in [-0.15, -0.1) is 0 Å². The molecule has 2 atom stereocenters. The summed E-state index contributed by atoms with van der Waals surface area (Å²) in [4.78, 5) is 24.9. The number of halogens is 3. The number of nitrogens with one attached hydrogen (secondary N) is 1. The summed E-state index contributed by atoms with van der Waals surface area (Å²) in [6, 6.07) is 10.1. The Morgan fingerprint density at radius 2 is 1.91 bits per heavy atom. The molecule has 0 radical (unpaired) electrons. The van der Waals surface area contributed by atoms with Crippen LogP contribution in [0.5, 0.6) is 0 Å². The predicted molar refractivity (Wildman–Crippen MR) is 111 cm³/mol. The van der Waals surface area contributed by atoms with Crippen LogP contribution in [-0.2, 0) is 17.8 Å². The molecule has 10 heteroatoms. The minimum atomic E-state index is -1.52. The third-order valence-electron chi connectivity index (χ3n) is 5.35. The van der Waals surface area contributed by atoms with Gasteiger partial charge in [-0.25, -0.2) is 22.8 Å². The molecular formula is C22H24F3N3O4. The van der Waals surface area contributed by atoms with Crippen LogP contribution < -0.4 is 10.2 Å². The van der Waals surface area contributed by atoms with Crippen LogP contribution in [0.4, 0.5) is 28.4 Å². The van der Waals surface area contributed by atoms with Crippen molar-refractivity contribution < 1.29 is 32.6 Å². The zero-order valence-corrected chi connectivity index (χ0v) is 17.4. The number of hydrogen-bond donors (Lipinski definition) is 2. The summed E-state index contributed by atoms with van der Waals surface area (Å²) in [5, 5.41) is 11.5. The number of hydrogen-bond acceptors (Lipinski definition) is 4. The molecule has 7 nitrogen and oxygen atoms in total. The molecule has 1 aliphatic heterocycles. The first-order valence-corrected chi connectivity index (χ1v) is 10.0. The van der Waals surface area contributed by atoms with Gasteiger partial charge in [0.1, 0.15) is 24.4 Å². The maximum atomic E-state index is 14.6. The van der Waals surface area contributed by atoms with Gasteiger partial charge < -0.3 is 25.0 Å². The van der Waals surface area contributed by atoms with Gasteiger partial charge in [0.2, 0.25) is 0 Å². The van der Waals surface area contributed by atoms with E-state index in [1.165, 1.54) is 11.9 Å². The molecule has 2 amide bonds. The van der Waals surface area contributed by atoms with Crippen LogP contribution in [0.1, 0.15) is 11.1 Å². The zero-order valence-electron chi connectivity index (χ0n) is 17.4. The summed E-state index contributed by atoms with van der Waals surface area (Å²) in [6.07, 6.45) is -3.47. The fourth-order valence-corrected chi connectivity index (χ4v) is 3.54. The van der Waals surface area contributed by atoms with Gasteiger partial charge in [-0.2, -0.15) is 0 Å². The topological polar surface area (TPSA) is 82.1 Å². The smallest absolute Gasteiger partial charge is 0.407 e. The van der Waals surface area contributed by atoms with E-state index in [9.17, 15) is 22.8 Å². The first-order valence-electron chi connectivity index (χ1n) is 10.0. The second kappa shape index (κ2) is 10.3. The van der Waals surface area contributed by atoms with Crippen molar-refractivity contribution in [1.29, 1.82) is 0 Å². The number of carbonyl (C=O) groups is 2. The molecule has 172 valence electrons. The van der Waals surface area contributed by atoms with Gasteiger partial charge in [0.25, 0.3) is 0 Å². The quantitative estimate of drug-likeness (QED) is 0.673. The van der Waals surface area contributed by atoms with E-state index in [1.54, 1.807) is 12.1 Å². The maximum absolute atomic E-state index is 14.6. The molecule has 0 aliphatic carbocycles. The Hall–Kier alpha value is -3.43. The number of carbonyl (C=O) groups excluding carboxylic acids is 1. The van der Waals surface area contributed by atoms with Gasteiger partial charge in [-0.3, -0.25) is 0 Å². The van der Waals surface area contributed by atoms with E-state index >= 15 is 0 Å². The van der Waals surface area contributed by atoms with Gasteiger partial charge in [0, 0.05) is 26.2 Å². The molecule has 32 heavy (non-hydrogen) atoms. The van der Waals surface area contributed by atoms with Crippen LogP contribution in [0.25, 0.3) is 0 Å². The SMILES string of the molecule is CN(C(=O)O)C1CN(c2cc(F)c(CCNC(=O)OCc3ccccc3)cc2F)CC1F. The fourth-order valence-electron chi connectivity index (χ4n) is 3.54. The molecule has 0 spiro atoms. The molecule has 1 saturated heterocycles. The second-order valence-electron chi connectivity index (χ2n) is 7.52. The third kappa shape index (κ3) is 5.63. The second-order valence-corrected chi connectivity index (χ2v) is 7.52. The summed E-state index contributed by atoms with van der Waals surface area (Å²) in [7, 11) is 1.24. The monoisotopic (exact) mass is 451 g/mol. The molecule has 1 fully saturated rings. The average molecular weight is 451 g/mol. The molecule has 2 unspecified atom stereocenters. The molecular weight excluding hydrogens is 427 g/mol. The van der Waals surface area contributed by atoms with Gasteiger partial charge in [-0.05, 0) is 23.6 Å². The Balaban J connectivity index is 1.54. The van der Waals surface area contributed by atoms with Gasteiger partial charge in [0.05, 0.1) is 18.3 Å². The van der Waals surface area contributed by atoms with Crippen LogP contribution in [0.3, 0.4) is 0 Å². The highest BCUT2D eigenvalue weighted by atomic mass is 19.1. The number of alkyl halides is 1. The highest BCUT2D eigenvalue weighted by Crippen LogP contribution is 2.29. The summed E-state index contributed by atoms with van der Waals surface area (Å²) in [6.45, 7) is -0.208. The summed E-state index contributed by atoms with van der Waals surface area (Å²) < 4.78 is 48.4. The number of likely N-dealkylation sites (N-methyl/N-ethyl adjacent to an activating group) is 1. The normalized spacial score (nSPS) is 17.8. The highest BCUT2D eigenvalue weighted by Gasteiger charge is 2.38. The van der Waals surface area contributed by atoms with Crippen molar-refractivity contribution in [3.8, 4) is 0 Å². The predicted octanol–water partition coefficient (Wildman–Crippen LogP) is 3.57. The van der Waals surface area contributed by atoms with Crippen LogP contribution >= 0.6 is 0 Å². The Kier molecular flexibility index (Phi) is 7.45. The lowest BCUT2D eigenvalue weighted by molar-refractivity contribution is 0.122. The van der Waals surface area contributed by atoms with E-state index in [4.69, 9.17) is 9.84 Å². The Morgan fingerprint density at radius 3 is 2.59 bits per heavy atom. The first-order chi connectivity index (χ1) is 15.3. The summed E-state index contributed by atoms with van der Waals surface area (Å²) >= 11 is 0. The number of nitrogens with zero attached hydrogens (tertiary/aromatic N) is 2. The Morgan fingerprint density at radius 1 is 1.19 bits per heavy atom. The van der Waals surface area contributed by atoms with E-state index in [0.29, 0.717) is 0 Å². The van der Waals surface area contributed by atoms with Crippen molar-refractivity contribution in [2.75, 3.05) is 31.6 Å². The van der Waals surface area contributed by atoms with Crippen LogP contribution in [0, 0.1) is 11.6 Å². The number of amides is 2. The molecule has 2 N–H and O–H groups in total. The number of anilines is 1. The van der Waals surface area contributed by atoms with Gasteiger partial charge in [-0.1, -0.05) is 30.3 Å². The molecule has 3 rings (SSSR count). The summed E-state index contributed by atoms with van der Waals surface area (Å²) in [5.74, 6) is -1.45. The standard InChI is InChI=1S/C22H24F3N3O4/c1-27(22(30)31)20-12-28(11-18(20)25)19-10-16(23)15(9-17(19)24)7-8-26-21(29)32-13-14-5-3-2-4-6-14/h2-6,9-10,18,20H,7-8,11-13H2,1H3,(H,26,29)(H,30,31). The van der Waals surface area contributed by atoms with E-state index in [0.717, 1.165) is 22.6 Å². The molecule has 2 aromatic rings.